The van der Waals surface area contributed by atoms with Crippen molar-refractivity contribution in [2.75, 3.05) is 54.3 Å². The van der Waals surface area contributed by atoms with Crippen LogP contribution in [0.15, 0.2) is 184 Å². The lowest BCUT2D eigenvalue weighted by Gasteiger charge is -2.17. The van der Waals surface area contributed by atoms with Crippen LogP contribution < -0.4 is 38.1 Å². The van der Waals surface area contributed by atoms with Crippen molar-refractivity contribution >= 4 is 132 Å². The molecule has 5 aliphatic rings. The van der Waals surface area contributed by atoms with Crippen LogP contribution in [0.5, 0.6) is 0 Å². The highest BCUT2D eigenvalue weighted by Crippen LogP contribution is 2.40. The number of aromatic nitrogens is 20. The van der Waals surface area contributed by atoms with Gasteiger partial charge in [-0.2, -0.15) is 25.5 Å². The van der Waals surface area contributed by atoms with Crippen molar-refractivity contribution in [3.8, 4) is 0 Å². The molecule has 0 spiro atoms. The molecule has 0 saturated carbocycles. The van der Waals surface area contributed by atoms with Gasteiger partial charge in [-0.05, 0) is 74.8 Å². The first-order chi connectivity index (χ1) is 67.5. The quantitative estimate of drug-likeness (QED) is 0.0224. The van der Waals surface area contributed by atoms with Crippen LogP contribution in [-0.2, 0) is 52.3 Å². The maximum Gasteiger partial charge on any atom is 0.306 e. The molecule has 10 aromatic heterocycles. The van der Waals surface area contributed by atoms with E-state index in [1.54, 1.807) is 141 Å². The normalized spacial score (nSPS) is 20.4. The highest BCUT2D eigenvalue weighted by atomic mass is 16.6. The number of fused-ring (bicyclic) bond motifs is 5. The minimum absolute atomic E-state index is 0. The minimum Gasteiger partial charge on any atom is -0.481 e. The van der Waals surface area contributed by atoms with E-state index in [1.807, 2.05) is 45.0 Å². The molecule has 800 valence electrons. The first kappa shape index (κ1) is 123. The van der Waals surface area contributed by atoms with Gasteiger partial charge in [0.1, 0.15) is 85.1 Å². The van der Waals surface area contributed by atoms with Crippen LogP contribution in [0.4, 0.5) is 29.1 Å². The zero-order valence-corrected chi connectivity index (χ0v) is 75.8. The fourth-order valence-electron chi connectivity index (χ4n) is 15.8. The number of amides is 5. The van der Waals surface area contributed by atoms with Crippen molar-refractivity contribution in [2.24, 2.45) is 5.73 Å². The van der Waals surface area contributed by atoms with Crippen molar-refractivity contribution in [3.05, 3.63) is 206 Å². The number of nitrogen functional groups attached to an aromatic ring is 1. The van der Waals surface area contributed by atoms with Gasteiger partial charge in [0.15, 0.2) is 59.4 Å². The Morgan fingerprint density at radius 2 is 0.601 bits per heavy atom. The van der Waals surface area contributed by atoms with E-state index in [-0.39, 0.29) is 166 Å². The molecule has 15 N–H and O–H groups in total. The summed E-state index contributed by atoms with van der Waals surface area (Å²) in [6.07, 6.45) is 10.3. The number of hydrogen-bond acceptors (Lipinski definition) is 37. The van der Waals surface area contributed by atoms with Crippen molar-refractivity contribution < 1.29 is 102 Å². The molecule has 5 aliphatic heterocycles. The number of ether oxygens (including phenoxy) is 7. The maximum atomic E-state index is 12.6. The Morgan fingerprint density at radius 1 is 0.351 bits per heavy atom. The number of carbonyl (C=O) groups excluding carboxylic acids is 7. The number of aliphatic carboxylic acids is 1. The summed E-state index contributed by atoms with van der Waals surface area (Å²) in [6.45, 7) is 5.32. The maximum absolute atomic E-state index is 12.6. The number of benzene rings is 4. The van der Waals surface area contributed by atoms with Gasteiger partial charge in [-0.25, -0.2) is 73.2 Å². The molecular formula is C100H139N27O21. The van der Waals surface area contributed by atoms with Gasteiger partial charge < -0.3 is 102 Å². The van der Waals surface area contributed by atoms with E-state index in [4.69, 9.17) is 49.1 Å². The summed E-state index contributed by atoms with van der Waals surface area (Å²) in [5, 5.41) is 94.8. The van der Waals surface area contributed by atoms with Crippen molar-refractivity contribution in [3.63, 3.8) is 0 Å². The monoisotopic (exact) mass is 2050 g/mol. The smallest absolute Gasteiger partial charge is 0.306 e. The molecule has 48 heteroatoms. The minimum atomic E-state index is -1.06. The summed E-state index contributed by atoms with van der Waals surface area (Å²) in [7, 11) is 3.02. The Labute approximate surface area is 856 Å². The summed E-state index contributed by atoms with van der Waals surface area (Å²) < 4.78 is 48.1. The molecule has 19 rings (SSSR count). The summed E-state index contributed by atoms with van der Waals surface area (Å²) in [6, 6.07) is 35.3. The largest absolute Gasteiger partial charge is 0.481 e. The third-order valence-corrected chi connectivity index (χ3v) is 22.9. The van der Waals surface area contributed by atoms with Crippen LogP contribution in [0, 0.1) is 0 Å². The van der Waals surface area contributed by atoms with Crippen LogP contribution >= 0.6 is 0 Å². The number of anilines is 5. The highest BCUT2D eigenvalue weighted by molar-refractivity contribution is 6.10. The van der Waals surface area contributed by atoms with Crippen LogP contribution in [0.2, 0.25) is 0 Å². The van der Waals surface area contributed by atoms with E-state index in [2.05, 4.69) is 108 Å². The number of aliphatic hydroxyl groups is 5. The predicted octanol–water partition coefficient (Wildman–Crippen LogP) is 12.0. The molecule has 0 bridgehead atoms. The van der Waals surface area contributed by atoms with Gasteiger partial charge in [-0.1, -0.05) is 160 Å². The van der Waals surface area contributed by atoms with E-state index in [0.717, 1.165) is 6.42 Å². The van der Waals surface area contributed by atoms with Crippen molar-refractivity contribution in [1.82, 2.24) is 104 Å². The SMILES string of the molecule is C.C.C.C.C.C.C.C.C.CC[C@H]1O[C@@H](n2ncc3c(NC(=O)c4ccccc4)ncnc32)CC1O.CC[C@H]1O[C@@H](n2ncc3c(NC(=O)c4ccccc4)ncnc32)CC1OC(=O)CCC(=O)NC.CC[C@H]1O[C@@H](n2ncc3c(NC(=O)c4ccccc4)ncnc32)CC1OC(=O)CCC(=O)O.CN.Nc1ncnc2c1cnn2[C@H]1CC(O)[C@@H](CO)O1.O=C(Nc1ncnc2c1cnn2[C@H]1CC(O)[C@@H](CO)O1)c1ccccc1. The fourth-order valence-corrected chi connectivity index (χ4v) is 15.8. The number of carbonyl (C=O) groups is 8. The standard InChI is InChI=1S/C23H26N6O5.C22H23N5O6.C18H19N5O3.C17H17N5O4.C10H13N5O3.CH5N.9CH4/c1-3-16-17(34-20(31)10-9-18(30)24-2)11-19(33-16)29-22-15(12-27-29)21(25-13-26-22)28-23(32)14-7-5-4-6-8-14;1-2-15-16(33-19(30)9-8-18(28)29)10-17(32-15)27-21-14(11-25-27)20(23-12-24-21)26-22(31)13-6-4-3-5-7-13;1-2-14-13(24)8-15(26-14)23-17-12(9-21-23)16(19-10-20-17)22-18(25)11-6-4-3-5-7-11;23-8-13-12(24)6-14(26-13)22-16-11(7-20-22)15(18-9-19-16)21-17(25)10-4-2-1-3-5-10;11-9-5-2-14-15(10(5)13-4-12-9)8-1-6(17)7(3-16)18-8;1-2;;;;;;;;;/h4-8,12-13,16-17,19H,3,9-11H2,1-2H3,(H,24,30)(H,25,26,28,32);3-7,11-12,15-17H,2,8-10H2,1H3,(H,28,29)(H,23,24,26,31);3-7,9-10,13-15,24H,2,8H2,1H3,(H,19,20,22,25);1-5,7,9,12-14,23-24H,6,8H2,(H,18,19,21,25);2,4,6-8,16-17H,1,3H2,(H2,11,12,13);2H2,1H3;9*1H4/t16-,17?,19-;15-,16?,17-;13?,14-,15-;12?,13-,14-;6?,7-,8-;;;;;;;;;;/m11111........../s1. The van der Waals surface area contributed by atoms with E-state index < -0.39 is 85.5 Å². The average molecular weight is 2060 g/mol. The first-order valence-corrected chi connectivity index (χ1v) is 44.5. The Hall–Kier alpha value is -15.3. The molecule has 0 aliphatic carbocycles. The van der Waals surface area contributed by atoms with Gasteiger partial charge in [0.2, 0.25) is 5.91 Å². The Bertz CT molecular complexity index is 6410. The molecule has 148 heavy (non-hydrogen) atoms. The van der Waals surface area contributed by atoms with Gasteiger partial charge >= 0.3 is 17.9 Å². The van der Waals surface area contributed by atoms with Gasteiger partial charge in [-0.3, -0.25) is 38.4 Å². The molecule has 15 heterocycles. The zero-order valence-electron chi connectivity index (χ0n) is 75.8. The molecule has 5 unspecified atom stereocenters. The number of rotatable bonds is 26. The Balaban J connectivity index is 0.000000323. The van der Waals surface area contributed by atoms with Gasteiger partial charge in [0.25, 0.3) is 23.6 Å². The first-order valence-electron chi connectivity index (χ1n) is 44.5. The summed E-state index contributed by atoms with van der Waals surface area (Å²) >= 11 is 0. The molecule has 5 saturated heterocycles. The van der Waals surface area contributed by atoms with Gasteiger partial charge in [-0.15, -0.1) is 0 Å². The highest BCUT2D eigenvalue weighted by Gasteiger charge is 2.43. The summed E-state index contributed by atoms with van der Waals surface area (Å²) in [4.78, 5) is 138. The van der Waals surface area contributed by atoms with Crippen LogP contribution in [-0.4, -0.2) is 265 Å². The molecule has 4 aromatic carbocycles. The lowest BCUT2D eigenvalue weighted by atomic mass is 10.1. The number of hydrogen-bond donors (Lipinski definition) is 13. The zero-order chi connectivity index (χ0) is 98.3. The Kier molecular flexibility index (Phi) is 48.4. The topological polar surface area (TPSA) is 653 Å². The molecule has 14 aromatic rings. The number of nitrogens with zero attached hydrogens (tertiary/aromatic N) is 20. The second-order valence-corrected chi connectivity index (χ2v) is 31.8. The van der Waals surface area contributed by atoms with Crippen LogP contribution in [0.3, 0.4) is 0 Å². The predicted molar refractivity (Wildman–Crippen MR) is 555 cm³/mol. The lowest BCUT2D eigenvalue weighted by molar-refractivity contribution is -0.154. The molecule has 5 fully saturated rings. The number of carboxylic acid groups (broad SMARTS) is 1. The third kappa shape index (κ3) is 29.4. The number of aliphatic hydroxyl groups excluding tert-OH is 5. The molecule has 5 amide bonds. The molecule has 15 atom stereocenters. The Morgan fingerprint density at radius 3 is 0.865 bits per heavy atom. The van der Waals surface area contributed by atoms with E-state index >= 15 is 0 Å². The lowest BCUT2D eigenvalue weighted by Crippen LogP contribution is -2.27. The number of nitrogens with two attached hydrogens (primary N) is 2. The average Bonchev–Trinajstić information content (AvgIpc) is 1.65. The third-order valence-electron chi connectivity index (χ3n) is 22.9. The second kappa shape index (κ2) is 58.2. The van der Waals surface area contributed by atoms with Crippen LogP contribution in [0.25, 0.3) is 55.2 Å². The number of carboxylic acids is 1. The number of esters is 2. The van der Waals surface area contributed by atoms with E-state index in [1.165, 1.54) is 56.6 Å². The van der Waals surface area contributed by atoms with E-state index in [9.17, 15) is 58.8 Å². The van der Waals surface area contributed by atoms with Crippen molar-refractivity contribution in [1.29, 1.82) is 0 Å². The molecule has 0 radical (unpaired) electrons. The molecular weight excluding hydrogens is 1920 g/mol. The molecule has 48 nitrogen and oxygen atoms in total. The summed E-state index contributed by atoms with van der Waals surface area (Å²) in [5.74, 6) is -1.70. The van der Waals surface area contributed by atoms with Crippen molar-refractivity contribution in [2.45, 2.75) is 257 Å². The van der Waals surface area contributed by atoms with E-state index in [0.29, 0.717) is 145 Å². The van der Waals surface area contributed by atoms with Crippen LogP contribution in [0.1, 0.15) is 237 Å². The fraction of sp³-hybridized carbons (Fsp3) is 0.430. The second-order valence-electron chi connectivity index (χ2n) is 31.8. The van der Waals surface area contributed by atoms with Gasteiger partial charge in [0.05, 0.1) is 127 Å². The summed E-state index contributed by atoms with van der Waals surface area (Å²) in [5.41, 5.74) is 14.8. The number of nitrogens with one attached hydrogen (secondary N) is 5. The van der Waals surface area contributed by atoms with Gasteiger partial charge in [0, 0.05) is 67.8 Å².